The summed E-state index contributed by atoms with van der Waals surface area (Å²) in [5, 5.41) is 3.38. The molecule has 6 heteroatoms. The summed E-state index contributed by atoms with van der Waals surface area (Å²) >= 11 is 0. The Morgan fingerprint density at radius 2 is 1.85 bits per heavy atom. The average molecular weight is 297 g/mol. The van der Waals surface area contributed by atoms with E-state index < -0.39 is 10.0 Å². The molecule has 1 saturated heterocycles. The molecule has 2 rings (SSSR count). The quantitative estimate of drug-likeness (QED) is 0.890. The molecule has 0 radical (unpaired) electrons. The maximum atomic E-state index is 12.0. The molecule has 1 aliphatic heterocycles. The molecule has 1 aromatic rings. The van der Waals surface area contributed by atoms with E-state index in [1.165, 1.54) is 4.31 Å². The van der Waals surface area contributed by atoms with E-state index in [9.17, 15) is 8.42 Å². The van der Waals surface area contributed by atoms with Gasteiger partial charge in [0.05, 0.1) is 4.90 Å². The summed E-state index contributed by atoms with van der Waals surface area (Å²) in [5.41, 5.74) is 1.16. The van der Waals surface area contributed by atoms with Crippen molar-refractivity contribution in [3.63, 3.8) is 0 Å². The van der Waals surface area contributed by atoms with E-state index in [0.29, 0.717) is 4.90 Å². The van der Waals surface area contributed by atoms with Crippen LogP contribution in [0.3, 0.4) is 0 Å². The minimum atomic E-state index is -3.32. The Morgan fingerprint density at radius 1 is 1.15 bits per heavy atom. The molecule has 0 amide bonds. The first-order valence-electron chi connectivity index (χ1n) is 6.95. The number of nitrogens with one attached hydrogen (secondary N) is 1. The van der Waals surface area contributed by atoms with Crippen molar-refractivity contribution < 1.29 is 8.42 Å². The van der Waals surface area contributed by atoms with E-state index in [1.54, 1.807) is 26.2 Å². The normalized spacial score (nSPS) is 18.1. The number of nitrogens with zero attached hydrogens (tertiary/aromatic N) is 2. The minimum absolute atomic E-state index is 0.351. The third-order valence-electron chi connectivity index (χ3n) is 3.54. The molecule has 1 heterocycles. The Bertz CT molecular complexity index is 518. The standard InChI is InChI=1S/C14H23N3O2S/c1-16(2)20(18,19)14-6-4-13(5-7-14)12-17-10-3-8-15-9-11-17/h4-7,15H,3,8-12H2,1-2H3. The molecule has 0 bridgehead atoms. The van der Waals surface area contributed by atoms with Gasteiger partial charge in [0.2, 0.25) is 10.0 Å². The fraction of sp³-hybridized carbons (Fsp3) is 0.571. The molecule has 0 aliphatic carbocycles. The van der Waals surface area contributed by atoms with Gasteiger partial charge in [-0.15, -0.1) is 0 Å². The van der Waals surface area contributed by atoms with Crippen molar-refractivity contribution in [1.29, 1.82) is 0 Å². The zero-order valence-electron chi connectivity index (χ0n) is 12.2. The van der Waals surface area contributed by atoms with Gasteiger partial charge in [-0.1, -0.05) is 12.1 Å². The molecule has 1 fully saturated rings. The number of sulfonamides is 1. The Kier molecular flexibility index (Phi) is 5.15. The van der Waals surface area contributed by atoms with Gasteiger partial charge in [-0.25, -0.2) is 12.7 Å². The molecule has 0 spiro atoms. The largest absolute Gasteiger partial charge is 0.315 e. The first-order chi connectivity index (χ1) is 9.50. The molecule has 1 N–H and O–H groups in total. The van der Waals surface area contributed by atoms with Gasteiger partial charge < -0.3 is 5.32 Å². The van der Waals surface area contributed by atoms with Crippen molar-refractivity contribution in [3.05, 3.63) is 29.8 Å². The van der Waals surface area contributed by atoms with E-state index in [2.05, 4.69) is 10.2 Å². The molecule has 0 atom stereocenters. The van der Waals surface area contributed by atoms with Gasteiger partial charge in [-0.05, 0) is 37.2 Å². The fourth-order valence-corrected chi connectivity index (χ4v) is 3.20. The summed E-state index contributed by atoms with van der Waals surface area (Å²) < 4.78 is 25.2. The first-order valence-corrected chi connectivity index (χ1v) is 8.39. The molecule has 5 nitrogen and oxygen atoms in total. The van der Waals surface area contributed by atoms with Gasteiger partial charge in [0, 0.05) is 33.7 Å². The highest BCUT2D eigenvalue weighted by Gasteiger charge is 2.17. The molecule has 1 aliphatic rings. The Labute approximate surface area is 121 Å². The number of rotatable bonds is 4. The predicted molar refractivity (Wildman–Crippen MR) is 80.1 cm³/mol. The van der Waals surface area contributed by atoms with Crippen LogP contribution < -0.4 is 5.32 Å². The van der Waals surface area contributed by atoms with Crippen molar-refractivity contribution in [2.24, 2.45) is 0 Å². The van der Waals surface area contributed by atoms with Crippen molar-refractivity contribution in [1.82, 2.24) is 14.5 Å². The van der Waals surface area contributed by atoms with E-state index >= 15 is 0 Å². The monoisotopic (exact) mass is 297 g/mol. The molecular formula is C14H23N3O2S. The summed E-state index contributed by atoms with van der Waals surface area (Å²) in [4.78, 5) is 2.75. The Hall–Kier alpha value is -0.950. The second kappa shape index (κ2) is 6.67. The third kappa shape index (κ3) is 3.79. The van der Waals surface area contributed by atoms with Crippen LogP contribution in [0, 0.1) is 0 Å². The minimum Gasteiger partial charge on any atom is -0.315 e. The molecule has 112 valence electrons. The SMILES string of the molecule is CN(C)S(=O)(=O)c1ccc(CN2CCCNCC2)cc1. The molecular weight excluding hydrogens is 274 g/mol. The van der Waals surface area contributed by atoms with Crippen molar-refractivity contribution in [2.75, 3.05) is 40.3 Å². The van der Waals surface area contributed by atoms with E-state index in [0.717, 1.165) is 44.7 Å². The van der Waals surface area contributed by atoms with Gasteiger partial charge in [-0.3, -0.25) is 4.90 Å². The summed E-state index contributed by atoms with van der Waals surface area (Å²) in [6.45, 7) is 5.11. The highest BCUT2D eigenvalue weighted by atomic mass is 32.2. The highest BCUT2D eigenvalue weighted by molar-refractivity contribution is 7.89. The van der Waals surface area contributed by atoms with Crippen LogP contribution in [0.15, 0.2) is 29.2 Å². The van der Waals surface area contributed by atoms with E-state index in [4.69, 9.17) is 0 Å². The number of hydrogen-bond acceptors (Lipinski definition) is 4. The van der Waals surface area contributed by atoms with E-state index in [-0.39, 0.29) is 0 Å². The molecule has 0 aromatic heterocycles. The summed E-state index contributed by atoms with van der Waals surface area (Å²) in [5.74, 6) is 0. The van der Waals surface area contributed by atoms with Crippen molar-refractivity contribution in [2.45, 2.75) is 17.9 Å². The molecule has 1 aromatic carbocycles. The highest BCUT2D eigenvalue weighted by Crippen LogP contribution is 2.15. The summed E-state index contributed by atoms with van der Waals surface area (Å²) in [6.07, 6.45) is 1.16. The topological polar surface area (TPSA) is 52.7 Å². The number of hydrogen-bond donors (Lipinski definition) is 1. The maximum Gasteiger partial charge on any atom is 0.242 e. The van der Waals surface area contributed by atoms with Crippen molar-refractivity contribution in [3.8, 4) is 0 Å². The van der Waals surface area contributed by atoms with Crippen LogP contribution in [-0.2, 0) is 16.6 Å². The smallest absolute Gasteiger partial charge is 0.242 e. The lowest BCUT2D eigenvalue weighted by atomic mass is 10.2. The summed E-state index contributed by atoms with van der Waals surface area (Å²) in [7, 11) is -0.225. The van der Waals surface area contributed by atoms with Crippen LogP contribution in [-0.4, -0.2) is 57.9 Å². The van der Waals surface area contributed by atoms with Crippen LogP contribution >= 0.6 is 0 Å². The first kappa shape index (κ1) is 15.4. The second-order valence-electron chi connectivity index (χ2n) is 5.31. The Morgan fingerprint density at radius 3 is 2.50 bits per heavy atom. The maximum absolute atomic E-state index is 12.0. The van der Waals surface area contributed by atoms with Crippen LogP contribution in [0.1, 0.15) is 12.0 Å². The van der Waals surface area contributed by atoms with Crippen molar-refractivity contribution >= 4 is 10.0 Å². The van der Waals surface area contributed by atoms with Gasteiger partial charge in [0.15, 0.2) is 0 Å². The molecule has 0 unspecified atom stereocenters. The lowest BCUT2D eigenvalue weighted by Crippen LogP contribution is -2.27. The van der Waals surface area contributed by atoms with E-state index in [1.807, 2.05) is 12.1 Å². The fourth-order valence-electron chi connectivity index (χ4n) is 2.30. The molecule has 0 saturated carbocycles. The van der Waals surface area contributed by atoms with Gasteiger partial charge in [0.1, 0.15) is 0 Å². The van der Waals surface area contributed by atoms with Gasteiger partial charge in [0.25, 0.3) is 0 Å². The number of benzene rings is 1. The average Bonchev–Trinajstić information content (AvgIpc) is 2.68. The Balaban J connectivity index is 2.05. The van der Waals surface area contributed by atoms with Crippen LogP contribution in [0.2, 0.25) is 0 Å². The zero-order chi connectivity index (χ0) is 14.6. The van der Waals surface area contributed by atoms with Gasteiger partial charge in [-0.2, -0.15) is 0 Å². The predicted octanol–water partition coefficient (Wildman–Crippen LogP) is 0.732. The lowest BCUT2D eigenvalue weighted by Gasteiger charge is -2.19. The summed E-state index contributed by atoms with van der Waals surface area (Å²) in [6, 6.07) is 7.21. The molecule has 20 heavy (non-hydrogen) atoms. The van der Waals surface area contributed by atoms with Crippen LogP contribution in [0.25, 0.3) is 0 Å². The van der Waals surface area contributed by atoms with Crippen LogP contribution in [0.5, 0.6) is 0 Å². The van der Waals surface area contributed by atoms with Crippen LogP contribution in [0.4, 0.5) is 0 Å². The zero-order valence-corrected chi connectivity index (χ0v) is 13.0. The second-order valence-corrected chi connectivity index (χ2v) is 7.46. The van der Waals surface area contributed by atoms with Gasteiger partial charge >= 0.3 is 0 Å². The third-order valence-corrected chi connectivity index (χ3v) is 5.37. The lowest BCUT2D eigenvalue weighted by molar-refractivity contribution is 0.284.